The Balaban J connectivity index is 1.73. The van der Waals surface area contributed by atoms with E-state index in [9.17, 15) is 0 Å². The van der Waals surface area contributed by atoms with Crippen LogP contribution in [0.5, 0.6) is 0 Å². The highest BCUT2D eigenvalue weighted by Gasteiger charge is 2.25. The highest BCUT2D eigenvalue weighted by Crippen LogP contribution is 2.34. The molecule has 3 atom stereocenters. The van der Waals surface area contributed by atoms with Crippen LogP contribution in [0.2, 0.25) is 0 Å². The summed E-state index contributed by atoms with van der Waals surface area (Å²) in [6, 6.07) is 21.5. The number of nitrogens with one attached hydrogen (secondary N) is 2. The molecule has 1 aromatic heterocycles. The first-order valence-electron chi connectivity index (χ1n) is 9.79. The minimum Gasteiger partial charge on any atom is -0.327 e. The van der Waals surface area contributed by atoms with Gasteiger partial charge in [-0.15, -0.1) is 0 Å². The van der Waals surface area contributed by atoms with Crippen LogP contribution in [-0.2, 0) is 0 Å². The van der Waals surface area contributed by atoms with E-state index < -0.39 is 0 Å². The van der Waals surface area contributed by atoms with Crippen LogP contribution in [0.4, 0.5) is 0 Å². The average Bonchev–Trinajstić information content (AvgIpc) is 3.35. The van der Waals surface area contributed by atoms with Gasteiger partial charge in [-0.05, 0) is 38.8 Å². The number of benzene rings is 2. The third-order valence-electron chi connectivity index (χ3n) is 5.40. The van der Waals surface area contributed by atoms with Crippen LogP contribution in [0, 0.1) is 11.3 Å². The van der Waals surface area contributed by atoms with Crippen LogP contribution >= 0.6 is 0 Å². The largest absolute Gasteiger partial charge is 0.327 e. The van der Waals surface area contributed by atoms with Gasteiger partial charge in [0.25, 0.3) is 0 Å². The van der Waals surface area contributed by atoms with E-state index in [2.05, 4.69) is 47.5 Å². The SMILES string of the molecule is CC1CC(CC(C)n2cnc(-c3ccccc3)c2-c2ccc(C#N)cc2)NN1. The number of aromatic nitrogens is 2. The smallest absolute Gasteiger partial charge is 0.0991 e. The lowest BCUT2D eigenvalue weighted by molar-refractivity contribution is 0.417. The van der Waals surface area contributed by atoms with Gasteiger partial charge in [0.1, 0.15) is 0 Å². The lowest BCUT2D eigenvalue weighted by Gasteiger charge is -2.21. The fourth-order valence-corrected chi connectivity index (χ4v) is 3.98. The number of nitrogens with zero attached hydrogens (tertiary/aromatic N) is 3. The predicted octanol–water partition coefficient (Wildman–Crippen LogP) is 4.29. The maximum atomic E-state index is 9.13. The summed E-state index contributed by atoms with van der Waals surface area (Å²) in [6.07, 6.45) is 4.09. The van der Waals surface area contributed by atoms with E-state index in [1.165, 1.54) is 0 Å². The molecule has 1 saturated heterocycles. The second kappa shape index (κ2) is 7.97. The Kier molecular flexibility index (Phi) is 5.25. The summed E-state index contributed by atoms with van der Waals surface area (Å²) >= 11 is 0. The molecule has 4 rings (SSSR count). The van der Waals surface area contributed by atoms with E-state index in [-0.39, 0.29) is 0 Å². The summed E-state index contributed by atoms with van der Waals surface area (Å²) in [4.78, 5) is 4.78. The first kappa shape index (κ1) is 18.4. The van der Waals surface area contributed by atoms with E-state index in [0.717, 1.165) is 35.4 Å². The second-order valence-electron chi connectivity index (χ2n) is 7.61. The van der Waals surface area contributed by atoms with Crippen molar-refractivity contribution in [1.82, 2.24) is 20.4 Å². The summed E-state index contributed by atoms with van der Waals surface area (Å²) in [5, 5.41) is 9.13. The summed E-state index contributed by atoms with van der Waals surface area (Å²) in [5.41, 5.74) is 11.6. The summed E-state index contributed by atoms with van der Waals surface area (Å²) in [6.45, 7) is 4.44. The van der Waals surface area contributed by atoms with Crippen molar-refractivity contribution < 1.29 is 0 Å². The van der Waals surface area contributed by atoms with Gasteiger partial charge in [0.2, 0.25) is 0 Å². The van der Waals surface area contributed by atoms with Crippen molar-refractivity contribution in [3.8, 4) is 28.6 Å². The standard InChI is InChI=1S/C23H25N5/c1-16-12-21(27-26-16)13-17(2)28-15-25-22(19-6-4-3-5-7-19)23(28)20-10-8-18(14-24)9-11-20/h3-11,15-17,21,26-27H,12-13H2,1-2H3. The van der Waals surface area contributed by atoms with Crippen LogP contribution in [0.1, 0.15) is 38.3 Å². The van der Waals surface area contributed by atoms with Gasteiger partial charge in [-0.25, -0.2) is 4.98 Å². The summed E-state index contributed by atoms with van der Waals surface area (Å²) in [7, 11) is 0. The molecule has 5 heteroatoms. The number of imidazole rings is 1. The van der Waals surface area contributed by atoms with Crippen molar-refractivity contribution in [2.24, 2.45) is 0 Å². The Morgan fingerprint density at radius 1 is 1.11 bits per heavy atom. The van der Waals surface area contributed by atoms with E-state index in [4.69, 9.17) is 10.2 Å². The van der Waals surface area contributed by atoms with Gasteiger partial charge in [-0.3, -0.25) is 10.9 Å². The number of nitriles is 1. The van der Waals surface area contributed by atoms with Crippen molar-refractivity contribution in [1.29, 1.82) is 5.26 Å². The molecular formula is C23H25N5. The van der Waals surface area contributed by atoms with Crippen LogP contribution in [0.15, 0.2) is 60.9 Å². The normalized spacial score (nSPS) is 20.0. The molecule has 2 N–H and O–H groups in total. The minimum atomic E-state index is 0.292. The fourth-order valence-electron chi connectivity index (χ4n) is 3.98. The maximum Gasteiger partial charge on any atom is 0.0991 e. The highest BCUT2D eigenvalue weighted by atomic mass is 15.4. The van der Waals surface area contributed by atoms with Gasteiger partial charge in [-0.1, -0.05) is 42.5 Å². The van der Waals surface area contributed by atoms with Crippen molar-refractivity contribution in [3.05, 3.63) is 66.5 Å². The van der Waals surface area contributed by atoms with Gasteiger partial charge in [0.05, 0.1) is 29.3 Å². The zero-order valence-corrected chi connectivity index (χ0v) is 16.3. The lowest BCUT2D eigenvalue weighted by atomic mass is 10.0. The highest BCUT2D eigenvalue weighted by molar-refractivity contribution is 5.78. The molecule has 2 aromatic carbocycles. The van der Waals surface area contributed by atoms with Gasteiger partial charge >= 0.3 is 0 Å². The third kappa shape index (κ3) is 3.70. The first-order valence-corrected chi connectivity index (χ1v) is 9.79. The van der Waals surface area contributed by atoms with Crippen molar-refractivity contribution in [2.75, 3.05) is 0 Å². The van der Waals surface area contributed by atoms with Gasteiger partial charge < -0.3 is 4.57 Å². The molecule has 0 amide bonds. The Morgan fingerprint density at radius 2 is 1.86 bits per heavy atom. The van der Waals surface area contributed by atoms with E-state index >= 15 is 0 Å². The lowest BCUT2D eigenvalue weighted by Crippen LogP contribution is -2.33. The molecule has 1 aliphatic heterocycles. The van der Waals surface area contributed by atoms with Crippen molar-refractivity contribution >= 4 is 0 Å². The van der Waals surface area contributed by atoms with Crippen molar-refractivity contribution in [3.63, 3.8) is 0 Å². The molecule has 0 saturated carbocycles. The van der Waals surface area contributed by atoms with Crippen molar-refractivity contribution in [2.45, 2.75) is 44.8 Å². The van der Waals surface area contributed by atoms with Crippen LogP contribution in [0.3, 0.4) is 0 Å². The first-order chi connectivity index (χ1) is 13.7. The van der Waals surface area contributed by atoms with E-state index in [0.29, 0.717) is 23.7 Å². The maximum absolute atomic E-state index is 9.13. The molecule has 1 aliphatic rings. The van der Waals surface area contributed by atoms with Gasteiger partial charge in [0.15, 0.2) is 0 Å². The second-order valence-corrected chi connectivity index (χ2v) is 7.61. The molecular weight excluding hydrogens is 346 g/mol. The minimum absolute atomic E-state index is 0.292. The fraction of sp³-hybridized carbons (Fsp3) is 0.304. The zero-order valence-electron chi connectivity index (χ0n) is 16.3. The monoisotopic (exact) mass is 371 g/mol. The molecule has 0 spiro atoms. The molecule has 5 nitrogen and oxygen atoms in total. The Bertz CT molecular complexity index is 968. The Labute approximate surface area is 166 Å². The van der Waals surface area contributed by atoms with Crippen LogP contribution in [0.25, 0.3) is 22.5 Å². The van der Waals surface area contributed by atoms with E-state index in [1.54, 1.807) is 0 Å². The molecule has 0 aliphatic carbocycles. The number of hydrogen-bond donors (Lipinski definition) is 2. The quantitative estimate of drug-likeness (QED) is 0.702. The number of hydrazine groups is 1. The average molecular weight is 371 g/mol. The summed E-state index contributed by atoms with van der Waals surface area (Å²) in [5.74, 6) is 0. The van der Waals surface area contributed by atoms with E-state index in [1.807, 2.05) is 48.8 Å². The Hall–Kier alpha value is -2.94. The zero-order chi connectivity index (χ0) is 19.5. The molecule has 3 aromatic rings. The molecule has 142 valence electrons. The Morgan fingerprint density at radius 3 is 2.50 bits per heavy atom. The molecule has 2 heterocycles. The van der Waals surface area contributed by atoms with Crippen LogP contribution in [-0.4, -0.2) is 21.6 Å². The van der Waals surface area contributed by atoms with Gasteiger partial charge in [-0.2, -0.15) is 5.26 Å². The third-order valence-corrected chi connectivity index (χ3v) is 5.40. The number of hydrogen-bond acceptors (Lipinski definition) is 4. The molecule has 1 fully saturated rings. The predicted molar refractivity (Wildman–Crippen MR) is 111 cm³/mol. The van der Waals surface area contributed by atoms with Crippen LogP contribution < -0.4 is 10.9 Å². The topological polar surface area (TPSA) is 65.7 Å². The van der Waals surface area contributed by atoms with Gasteiger partial charge in [0, 0.05) is 29.3 Å². The molecule has 3 unspecified atom stereocenters. The number of rotatable bonds is 5. The summed E-state index contributed by atoms with van der Waals surface area (Å²) < 4.78 is 2.27. The molecule has 0 radical (unpaired) electrons. The molecule has 28 heavy (non-hydrogen) atoms. The molecule has 0 bridgehead atoms.